The molecule has 0 aromatic heterocycles. The molecular weight excluding hydrogens is 246 g/mol. The van der Waals surface area contributed by atoms with Gasteiger partial charge in [-0.1, -0.05) is 19.1 Å². The van der Waals surface area contributed by atoms with E-state index in [0.29, 0.717) is 17.7 Å². The fraction of sp³-hybridized carbons (Fsp3) is 0.214. The molecule has 0 atom stereocenters. The summed E-state index contributed by atoms with van der Waals surface area (Å²) in [5.74, 6) is -1.70. The number of nitriles is 1. The van der Waals surface area contributed by atoms with Crippen LogP contribution in [-0.4, -0.2) is 23.7 Å². The zero-order chi connectivity index (χ0) is 14.3. The number of aliphatic carboxylic acids is 1. The highest BCUT2D eigenvalue weighted by Crippen LogP contribution is 2.10. The summed E-state index contributed by atoms with van der Waals surface area (Å²) in [5, 5.41) is 17.3. The number of carbonyl (C=O) groups is 2. The zero-order valence-corrected chi connectivity index (χ0v) is 10.4. The van der Waals surface area contributed by atoms with Crippen molar-refractivity contribution < 1.29 is 19.4 Å². The number of hydrogen-bond donors (Lipinski definition) is 1. The van der Waals surface area contributed by atoms with E-state index in [1.165, 1.54) is 18.2 Å². The lowest BCUT2D eigenvalue weighted by Crippen LogP contribution is -2.05. The Labute approximate surface area is 110 Å². The summed E-state index contributed by atoms with van der Waals surface area (Å²) < 4.78 is 4.96. The van der Waals surface area contributed by atoms with Crippen LogP contribution in [0.1, 0.15) is 29.3 Å². The van der Waals surface area contributed by atoms with Crippen molar-refractivity contribution in [3.8, 4) is 6.07 Å². The van der Waals surface area contributed by atoms with E-state index in [1.54, 1.807) is 18.2 Å². The second kappa shape index (κ2) is 6.97. The quantitative estimate of drug-likeness (QED) is 0.497. The largest absolute Gasteiger partial charge is 0.477 e. The third kappa shape index (κ3) is 4.28. The average Bonchev–Trinajstić information content (AvgIpc) is 2.42. The van der Waals surface area contributed by atoms with Crippen molar-refractivity contribution in [2.75, 3.05) is 6.61 Å². The van der Waals surface area contributed by atoms with Gasteiger partial charge in [0, 0.05) is 0 Å². The molecule has 19 heavy (non-hydrogen) atoms. The minimum atomic E-state index is -1.28. The molecule has 0 heterocycles. The Morgan fingerprint density at radius 3 is 2.47 bits per heavy atom. The number of rotatable bonds is 5. The number of hydrogen-bond acceptors (Lipinski definition) is 4. The van der Waals surface area contributed by atoms with E-state index in [-0.39, 0.29) is 5.57 Å². The molecule has 0 saturated heterocycles. The molecular formula is C14H13NO4. The Kier molecular flexibility index (Phi) is 5.30. The molecule has 0 unspecified atom stereocenters. The van der Waals surface area contributed by atoms with Crippen LogP contribution in [0, 0.1) is 11.3 Å². The van der Waals surface area contributed by atoms with Crippen LogP contribution >= 0.6 is 0 Å². The van der Waals surface area contributed by atoms with Crippen LogP contribution in [-0.2, 0) is 9.53 Å². The summed E-state index contributed by atoms with van der Waals surface area (Å²) in [4.78, 5) is 22.2. The number of ether oxygens (including phenoxy) is 1. The van der Waals surface area contributed by atoms with Crippen molar-refractivity contribution >= 4 is 18.0 Å². The molecule has 0 saturated carbocycles. The van der Waals surface area contributed by atoms with E-state index < -0.39 is 11.9 Å². The van der Waals surface area contributed by atoms with Gasteiger partial charge in [0.25, 0.3) is 0 Å². The molecule has 0 aliphatic heterocycles. The molecule has 5 nitrogen and oxygen atoms in total. The van der Waals surface area contributed by atoms with E-state index in [4.69, 9.17) is 15.1 Å². The fourth-order valence-electron chi connectivity index (χ4n) is 1.30. The second-order valence-corrected chi connectivity index (χ2v) is 3.73. The van der Waals surface area contributed by atoms with Crippen LogP contribution in [0.3, 0.4) is 0 Å². The number of esters is 1. The van der Waals surface area contributed by atoms with E-state index in [1.807, 2.05) is 6.92 Å². The molecule has 0 aliphatic carbocycles. The first-order chi connectivity index (χ1) is 9.08. The van der Waals surface area contributed by atoms with E-state index in [0.717, 1.165) is 6.42 Å². The van der Waals surface area contributed by atoms with Crippen LogP contribution in [0.5, 0.6) is 0 Å². The Morgan fingerprint density at radius 2 is 2.00 bits per heavy atom. The van der Waals surface area contributed by atoms with Gasteiger partial charge < -0.3 is 9.84 Å². The topological polar surface area (TPSA) is 87.4 Å². The van der Waals surface area contributed by atoms with Gasteiger partial charge in [-0.2, -0.15) is 5.26 Å². The summed E-state index contributed by atoms with van der Waals surface area (Å²) in [6.07, 6.45) is 1.99. The minimum absolute atomic E-state index is 0.359. The lowest BCUT2D eigenvalue weighted by molar-refractivity contribution is -0.132. The third-order valence-corrected chi connectivity index (χ3v) is 2.25. The summed E-state index contributed by atoms with van der Waals surface area (Å²) in [6, 6.07) is 7.76. The highest BCUT2D eigenvalue weighted by Gasteiger charge is 2.08. The summed E-state index contributed by atoms with van der Waals surface area (Å²) in [6.45, 7) is 2.26. The fourth-order valence-corrected chi connectivity index (χ4v) is 1.30. The van der Waals surface area contributed by atoms with Gasteiger partial charge in [-0.05, 0) is 30.2 Å². The summed E-state index contributed by atoms with van der Waals surface area (Å²) in [5.41, 5.74) is 0.562. The Hall–Kier alpha value is -2.61. The van der Waals surface area contributed by atoms with Crippen LogP contribution in [0.4, 0.5) is 0 Å². The Bertz CT molecular complexity index is 538. The SMILES string of the molecule is CCCOC(=O)c1ccc(/C=C(\C#N)C(=O)O)cc1. The molecule has 1 N–H and O–H groups in total. The third-order valence-electron chi connectivity index (χ3n) is 2.25. The predicted molar refractivity (Wildman–Crippen MR) is 68.2 cm³/mol. The van der Waals surface area contributed by atoms with Gasteiger partial charge in [0.15, 0.2) is 0 Å². The Balaban J connectivity index is 2.85. The van der Waals surface area contributed by atoms with Crippen LogP contribution in [0.2, 0.25) is 0 Å². The first kappa shape index (κ1) is 14.5. The number of carboxylic acid groups (broad SMARTS) is 1. The van der Waals surface area contributed by atoms with Gasteiger partial charge in [0.05, 0.1) is 12.2 Å². The first-order valence-corrected chi connectivity index (χ1v) is 5.70. The summed E-state index contributed by atoms with van der Waals surface area (Å²) in [7, 11) is 0. The molecule has 98 valence electrons. The molecule has 1 aromatic rings. The molecule has 1 aromatic carbocycles. The maximum Gasteiger partial charge on any atom is 0.346 e. The van der Waals surface area contributed by atoms with Gasteiger partial charge in [0.2, 0.25) is 0 Å². The van der Waals surface area contributed by atoms with Gasteiger partial charge in [-0.15, -0.1) is 0 Å². The van der Waals surface area contributed by atoms with E-state index in [2.05, 4.69) is 0 Å². The van der Waals surface area contributed by atoms with E-state index in [9.17, 15) is 9.59 Å². The van der Waals surface area contributed by atoms with Crippen LogP contribution < -0.4 is 0 Å². The lowest BCUT2D eigenvalue weighted by Gasteiger charge is -2.03. The molecule has 0 bridgehead atoms. The van der Waals surface area contributed by atoms with Crippen LogP contribution in [0.15, 0.2) is 29.8 Å². The second-order valence-electron chi connectivity index (χ2n) is 3.73. The molecule has 0 spiro atoms. The maximum absolute atomic E-state index is 11.5. The lowest BCUT2D eigenvalue weighted by atomic mass is 10.1. The number of nitrogens with zero attached hydrogens (tertiary/aromatic N) is 1. The van der Waals surface area contributed by atoms with Crippen molar-refractivity contribution in [1.82, 2.24) is 0 Å². The maximum atomic E-state index is 11.5. The smallest absolute Gasteiger partial charge is 0.346 e. The summed E-state index contributed by atoms with van der Waals surface area (Å²) >= 11 is 0. The number of carbonyl (C=O) groups excluding carboxylic acids is 1. The molecule has 0 radical (unpaired) electrons. The van der Waals surface area contributed by atoms with Gasteiger partial charge in [-0.3, -0.25) is 0 Å². The molecule has 1 rings (SSSR count). The zero-order valence-electron chi connectivity index (χ0n) is 10.4. The van der Waals surface area contributed by atoms with Crippen LogP contribution in [0.25, 0.3) is 6.08 Å². The molecule has 0 amide bonds. The monoisotopic (exact) mass is 259 g/mol. The number of benzene rings is 1. The Morgan fingerprint density at radius 1 is 1.37 bits per heavy atom. The molecule has 0 fully saturated rings. The van der Waals surface area contributed by atoms with Crippen molar-refractivity contribution in [3.05, 3.63) is 41.0 Å². The van der Waals surface area contributed by atoms with E-state index >= 15 is 0 Å². The minimum Gasteiger partial charge on any atom is -0.477 e. The van der Waals surface area contributed by atoms with Crippen molar-refractivity contribution in [2.24, 2.45) is 0 Å². The standard InChI is InChI=1S/C14H13NO4/c1-2-7-19-14(18)11-5-3-10(4-6-11)8-12(9-15)13(16)17/h3-6,8H,2,7H2,1H3,(H,16,17)/b12-8+. The average molecular weight is 259 g/mol. The van der Waals surface area contributed by atoms with Crippen molar-refractivity contribution in [3.63, 3.8) is 0 Å². The predicted octanol–water partition coefficient (Wildman–Crippen LogP) is 2.24. The first-order valence-electron chi connectivity index (χ1n) is 5.70. The van der Waals surface area contributed by atoms with Gasteiger partial charge in [0.1, 0.15) is 11.6 Å². The van der Waals surface area contributed by atoms with Gasteiger partial charge in [-0.25, -0.2) is 9.59 Å². The molecule has 0 aliphatic rings. The molecule has 5 heteroatoms. The van der Waals surface area contributed by atoms with Gasteiger partial charge >= 0.3 is 11.9 Å². The highest BCUT2D eigenvalue weighted by atomic mass is 16.5. The van der Waals surface area contributed by atoms with Crippen molar-refractivity contribution in [1.29, 1.82) is 5.26 Å². The van der Waals surface area contributed by atoms with Crippen molar-refractivity contribution in [2.45, 2.75) is 13.3 Å². The highest BCUT2D eigenvalue weighted by molar-refractivity contribution is 5.96. The normalized spacial score (nSPS) is 10.6. The number of carboxylic acids is 1.